The maximum atomic E-state index is 13.3. The number of hydrogen-bond acceptors (Lipinski definition) is 6. The van der Waals surface area contributed by atoms with E-state index >= 15 is 0 Å². The topological polar surface area (TPSA) is 87.2 Å². The molecule has 1 aliphatic heterocycles. The number of halogens is 2. The second-order valence-corrected chi connectivity index (χ2v) is 8.67. The van der Waals surface area contributed by atoms with E-state index < -0.39 is 5.82 Å². The molecule has 2 heterocycles. The summed E-state index contributed by atoms with van der Waals surface area (Å²) in [6.07, 6.45) is 2.71. The van der Waals surface area contributed by atoms with E-state index in [1.807, 2.05) is 13.0 Å². The highest BCUT2D eigenvalue weighted by atomic mass is 35.5. The first-order chi connectivity index (χ1) is 15.0. The fraction of sp³-hybridized carbons (Fsp3) is 0.429. The Morgan fingerprint density at radius 2 is 2.13 bits per heavy atom. The monoisotopic (exact) mass is 465 g/mol. The first-order valence-electron chi connectivity index (χ1n) is 10.2. The average molecular weight is 466 g/mol. The minimum absolute atomic E-state index is 0.0468. The zero-order valence-electron chi connectivity index (χ0n) is 17.2. The molecule has 1 saturated heterocycles. The van der Waals surface area contributed by atoms with Crippen LogP contribution >= 0.6 is 23.4 Å². The van der Waals surface area contributed by atoms with Crippen LogP contribution in [0.2, 0.25) is 5.02 Å². The molecule has 0 spiro atoms. The Morgan fingerprint density at radius 3 is 2.87 bits per heavy atom. The van der Waals surface area contributed by atoms with Crippen molar-refractivity contribution in [1.82, 2.24) is 15.5 Å². The van der Waals surface area contributed by atoms with Crippen LogP contribution in [0.15, 0.2) is 35.4 Å². The van der Waals surface area contributed by atoms with E-state index in [4.69, 9.17) is 11.6 Å². The van der Waals surface area contributed by atoms with Crippen LogP contribution in [0.5, 0.6) is 0 Å². The molecule has 1 aromatic heterocycles. The lowest BCUT2D eigenvalue weighted by atomic mass is 9.97. The van der Waals surface area contributed by atoms with E-state index in [2.05, 4.69) is 25.7 Å². The summed E-state index contributed by atoms with van der Waals surface area (Å²) in [5.74, 6) is 0.0560. The third kappa shape index (κ3) is 6.80. The number of piperidine rings is 1. The van der Waals surface area contributed by atoms with Crippen molar-refractivity contribution in [2.45, 2.75) is 31.2 Å². The van der Waals surface area contributed by atoms with Gasteiger partial charge in [-0.15, -0.1) is 10.2 Å². The van der Waals surface area contributed by atoms with Gasteiger partial charge in [-0.05, 0) is 49.6 Å². The zero-order valence-corrected chi connectivity index (χ0v) is 18.8. The number of nitrogens with zero attached hydrogens (tertiary/aromatic N) is 3. The SMILES string of the molecule is CCCNC(=O)C1CCCN(c2ccc(SCC(=O)Nc3cc(F)ccc3Cl)nn2)C1. The number of rotatable bonds is 8. The van der Waals surface area contributed by atoms with Crippen molar-refractivity contribution < 1.29 is 14.0 Å². The van der Waals surface area contributed by atoms with Gasteiger partial charge in [0.15, 0.2) is 5.82 Å². The fourth-order valence-electron chi connectivity index (χ4n) is 3.27. The van der Waals surface area contributed by atoms with Crippen LogP contribution in [0.3, 0.4) is 0 Å². The van der Waals surface area contributed by atoms with Gasteiger partial charge in [0.25, 0.3) is 0 Å². The minimum atomic E-state index is -0.475. The third-order valence-corrected chi connectivity index (χ3v) is 6.09. The summed E-state index contributed by atoms with van der Waals surface area (Å²) in [7, 11) is 0. The first kappa shape index (κ1) is 23.3. The molecule has 1 fully saturated rings. The summed E-state index contributed by atoms with van der Waals surface area (Å²) in [4.78, 5) is 26.5. The van der Waals surface area contributed by atoms with Crippen molar-refractivity contribution in [1.29, 1.82) is 0 Å². The molecule has 2 amide bonds. The van der Waals surface area contributed by atoms with Crippen molar-refractivity contribution in [3.8, 4) is 0 Å². The zero-order chi connectivity index (χ0) is 22.2. The van der Waals surface area contributed by atoms with Gasteiger partial charge >= 0.3 is 0 Å². The fourth-order valence-corrected chi connectivity index (χ4v) is 4.05. The molecule has 1 aliphatic rings. The standard InChI is InChI=1S/C21H25ClFN5O2S/c1-2-9-24-21(30)14-4-3-10-28(12-14)18-7-8-20(27-26-18)31-13-19(29)25-17-11-15(23)5-6-16(17)22/h5-8,11,14H,2-4,9-10,12-13H2,1H3,(H,24,30)(H,25,29). The van der Waals surface area contributed by atoms with Crippen molar-refractivity contribution in [3.05, 3.63) is 41.2 Å². The number of amides is 2. The molecule has 3 rings (SSSR count). The number of thioether (sulfide) groups is 1. The van der Waals surface area contributed by atoms with Gasteiger partial charge in [0.1, 0.15) is 10.8 Å². The highest BCUT2D eigenvalue weighted by molar-refractivity contribution is 7.99. The van der Waals surface area contributed by atoms with E-state index in [-0.39, 0.29) is 34.2 Å². The van der Waals surface area contributed by atoms with Gasteiger partial charge in [-0.2, -0.15) is 0 Å². The number of hydrogen-bond donors (Lipinski definition) is 2. The Kier molecular flexibility index (Phi) is 8.48. The summed E-state index contributed by atoms with van der Waals surface area (Å²) >= 11 is 7.19. The summed E-state index contributed by atoms with van der Waals surface area (Å²) in [6, 6.07) is 7.45. The Hall–Kier alpha value is -2.39. The van der Waals surface area contributed by atoms with Crippen LogP contribution < -0.4 is 15.5 Å². The predicted molar refractivity (Wildman–Crippen MR) is 121 cm³/mol. The average Bonchev–Trinajstić information content (AvgIpc) is 2.79. The smallest absolute Gasteiger partial charge is 0.234 e. The quantitative estimate of drug-likeness (QED) is 0.577. The molecule has 1 aromatic carbocycles. The molecule has 0 aliphatic carbocycles. The maximum absolute atomic E-state index is 13.3. The highest BCUT2D eigenvalue weighted by Gasteiger charge is 2.26. The van der Waals surface area contributed by atoms with E-state index in [0.29, 0.717) is 23.9 Å². The molecule has 2 N–H and O–H groups in total. The van der Waals surface area contributed by atoms with Crippen LogP contribution in [0, 0.1) is 11.7 Å². The summed E-state index contributed by atoms with van der Waals surface area (Å²) in [6.45, 7) is 4.17. The van der Waals surface area contributed by atoms with Gasteiger partial charge in [0, 0.05) is 19.6 Å². The van der Waals surface area contributed by atoms with Gasteiger partial charge in [-0.1, -0.05) is 30.3 Å². The number of carbonyl (C=O) groups excluding carboxylic acids is 2. The number of nitrogens with one attached hydrogen (secondary N) is 2. The second-order valence-electron chi connectivity index (χ2n) is 7.27. The molecular weight excluding hydrogens is 441 g/mol. The van der Waals surface area contributed by atoms with E-state index in [1.165, 1.54) is 30.0 Å². The van der Waals surface area contributed by atoms with E-state index in [9.17, 15) is 14.0 Å². The molecular formula is C21H25ClFN5O2S. The van der Waals surface area contributed by atoms with E-state index in [1.54, 1.807) is 6.07 Å². The van der Waals surface area contributed by atoms with Gasteiger partial charge < -0.3 is 15.5 Å². The van der Waals surface area contributed by atoms with Crippen molar-refractivity contribution in [2.24, 2.45) is 5.92 Å². The van der Waals surface area contributed by atoms with Crippen LogP contribution in [-0.2, 0) is 9.59 Å². The molecule has 31 heavy (non-hydrogen) atoms. The molecule has 7 nitrogen and oxygen atoms in total. The minimum Gasteiger partial charge on any atom is -0.356 e. The van der Waals surface area contributed by atoms with Crippen molar-refractivity contribution >= 4 is 46.7 Å². The van der Waals surface area contributed by atoms with Crippen molar-refractivity contribution in [2.75, 3.05) is 35.6 Å². The molecule has 1 atom stereocenters. The normalized spacial score (nSPS) is 16.1. The van der Waals surface area contributed by atoms with Crippen molar-refractivity contribution in [3.63, 3.8) is 0 Å². The van der Waals surface area contributed by atoms with Gasteiger partial charge in [-0.25, -0.2) is 4.39 Å². The van der Waals surface area contributed by atoms with Crippen LogP contribution in [-0.4, -0.2) is 47.4 Å². The maximum Gasteiger partial charge on any atom is 0.234 e. The molecule has 0 radical (unpaired) electrons. The van der Waals surface area contributed by atoms with Gasteiger partial charge in [-0.3, -0.25) is 9.59 Å². The lowest BCUT2D eigenvalue weighted by Crippen LogP contribution is -2.43. The Labute approximate surface area is 190 Å². The molecule has 1 unspecified atom stereocenters. The number of carbonyl (C=O) groups is 2. The molecule has 10 heteroatoms. The Morgan fingerprint density at radius 1 is 1.29 bits per heavy atom. The molecule has 0 saturated carbocycles. The summed E-state index contributed by atoms with van der Waals surface area (Å²) in [5.41, 5.74) is 0.233. The van der Waals surface area contributed by atoms with Gasteiger partial charge in [0.2, 0.25) is 11.8 Å². The number of benzene rings is 1. The third-order valence-electron chi connectivity index (χ3n) is 4.85. The lowest BCUT2D eigenvalue weighted by molar-refractivity contribution is -0.125. The summed E-state index contributed by atoms with van der Waals surface area (Å²) < 4.78 is 13.3. The van der Waals surface area contributed by atoms with Gasteiger partial charge in [0.05, 0.1) is 22.4 Å². The van der Waals surface area contributed by atoms with E-state index in [0.717, 1.165) is 25.8 Å². The molecule has 166 valence electrons. The number of aromatic nitrogens is 2. The highest BCUT2D eigenvalue weighted by Crippen LogP contribution is 2.25. The lowest BCUT2D eigenvalue weighted by Gasteiger charge is -2.32. The predicted octanol–water partition coefficient (Wildman–Crippen LogP) is 3.74. The molecule has 2 aromatic rings. The second kappa shape index (κ2) is 11.3. The Balaban J connectivity index is 1.51. The number of anilines is 2. The first-order valence-corrected chi connectivity index (χ1v) is 11.6. The molecule has 0 bridgehead atoms. The largest absolute Gasteiger partial charge is 0.356 e. The Bertz CT molecular complexity index is 915. The van der Waals surface area contributed by atoms with Crippen LogP contribution in [0.25, 0.3) is 0 Å². The van der Waals surface area contributed by atoms with Crippen LogP contribution in [0.1, 0.15) is 26.2 Å². The summed E-state index contributed by atoms with van der Waals surface area (Å²) in [5, 5.41) is 14.9. The van der Waals surface area contributed by atoms with Crippen LogP contribution in [0.4, 0.5) is 15.9 Å².